The van der Waals surface area contributed by atoms with Gasteiger partial charge >= 0.3 is 0 Å². The quantitative estimate of drug-likeness (QED) is 0.561. The van der Waals surface area contributed by atoms with Gasteiger partial charge in [-0.05, 0) is 0 Å². The topological polar surface area (TPSA) is 12.0 Å². The first-order valence-corrected chi connectivity index (χ1v) is 1.78. The van der Waals surface area contributed by atoms with E-state index >= 15 is 0 Å². The van der Waals surface area contributed by atoms with Gasteiger partial charge in [0, 0.05) is 18.8 Å². The Balaban J connectivity index is 0. The SMILES string of the molecule is CN/C=C/Cl.Cl. The first-order valence-electron chi connectivity index (χ1n) is 1.34. The molecule has 38 valence electrons. The van der Waals surface area contributed by atoms with Crippen molar-refractivity contribution in [3.8, 4) is 0 Å². The van der Waals surface area contributed by atoms with E-state index in [1.807, 2.05) is 0 Å². The summed E-state index contributed by atoms with van der Waals surface area (Å²) in [5.74, 6) is 0. The van der Waals surface area contributed by atoms with E-state index in [2.05, 4.69) is 5.32 Å². The summed E-state index contributed by atoms with van der Waals surface area (Å²) in [6.07, 6.45) is 1.64. The maximum absolute atomic E-state index is 5.06. The molecule has 0 fully saturated rings. The van der Waals surface area contributed by atoms with Crippen molar-refractivity contribution in [2.45, 2.75) is 0 Å². The molecule has 6 heavy (non-hydrogen) atoms. The summed E-state index contributed by atoms with van der Waals surface area (Å²) in [5, 5.41) is 2.70. The summed E-state index contributed by atoms with van der Waals surface area (Å²) in [4.78, 5) is 0. The highest BCUT2D eigenvalue weighted by atomic mass is 35.5. The van der Waals surface area contributed by atoms with E-state index in [9.17, 15) is 0 Å². The van der Waals surface area contributed by atoms with Gasteiger partial charge < -0.3 is 5.32 Å². The van der Waals surface area contributed by atoms with Crippen molar-refractivity contribution >= 4 is 24.0 Å². The lowest BCUT2D eigenvalue weighted by atomic mass is 11.0. The van der Waals surface area contributed by atoms with Crippen molar-refractivity contribution in [2.75, 3.05) is 7.05 Å². The first kappa shape index (κ1) is 9.45. The molecule has 0 bridgehead atoms. The second-order valence-corrected chi connectivity index (χ2v) is 0.833. The Morgan fingerprint density at radius 1 is 1.67 bits per heavy atom. The van der Waals surface area contributed by atoms with Crippen molar-refractivity contribution in [1.29, 1.82) is 0 Å². The van der Waals surface area contributed by atoms with Crippen LogP contribution < -0.4 is 5.32 Å². The molecule has 0 rings (SSSR count). The third kappa shape index (κ3) is 8.92. The molecule has 0 aromatic carbocycles. The molecule has 1 nitrogen and oxygen atoms in total. The second kappa shape index (κ2) is 8.93. The van der Waals surface area contributed by atoms with Crippen molar-refractivity contribution < 1.29 is 0 Å². The molecule has 0 amide bonds. The minimum Gasteiger partial charge on any atom is -0.393 e. The molecule has 1 N–H and O–H groups in total. The van der Waals surface area contributed by atoms with E-state index in [0.29, 0.717) is 0 Å². The summed E-state index contributed by atoms with van der Waals surface area (Å²) >= 11 is 5.06. The van der Waals surface area contributed by atoms with Crippen LogP contribution in [0.25, 0.3) is 0 Å². The maximum Gasteiger partial charge on any atom is 0.0199 e. The predicted octanol–water partition coefficient (Wildman–Crippen LogP) is 1.34. The first-order chi connectivity index (χ1) is 2.41. The van der Waals surface area contributed by atoms with Gasteiger partial charge in [0.05, 0.1) is 0 Å². The molecule has 0 atom stereocenters. The molecular weight excluding hydrogens is 121 g/mol. The van der Waals surface area contributed by atoms with Gasteiger partial charge in [0.25, 0.3) is 0 Å². The van der Waals surface area contributed by atoms with Gasteiger partial charge in [-0.25, -0.2) is 0 Å². The van der Waals surface area contributed by atoms with Gasteiger partial charge in [-0.1, -0.05) is 11.6 Å². The van der Waals surface area contributed by atoms with Gasteiger partial charge in [-0.2, -0.15) is 0 Å². The summed E-state index contributed by atoms with van der Waals surface area (Å²) in [6, 6.07) is 0. The van der Waals surface area contributed by atoms with Crippen LogP contribution in [-0.2, 0) is 0 Å². The molecule has 0 heterocycles. The van der Waals surface area contributed by atoms with Crippen LogP contribution >= 0.6 is 24.0 Å². The summed E-state index contributed by atoms with van der Waals surface area (Å²) in [6.45, 7) is 0. The Bertz CT molecular complexity index is 35.8. The smallest absolute Gasteiger partial charge is 0.0199 e. The normalized spacial score (nSPS) is 7.67. The fourth-order valence-corrected chi connectivity index (χ4v) is 0.189. The summed E-state index contributed by atoms with van der Waals surface area (Å²) in [5.41, 5.74) is 1.42. The second-order valence-electron chi connectivity index (χ2n) is 0.581. The standard InChI is InChI=1S/C3H6ClN.ClH/c1-5-3-2-4;/h2-3,5H,1H3;1H/b3-2+;. The molecule has 0 radical (unpaired) electrons. The van der Waals surface area contributed by atoms with Crippen LogP contribution in [0, 0.1) is 0 Å². The minimum atomic E-state index is 0. The molecule has 0 saturated carbocycles. The Morgan fingerprint density at radius 3 is 2.17 bits per heavy atom. The van der Waals surface area contributed by atoms with E-state index in [1.165, 1.54) is 5.54 Å². The summed E-state index contributed by atoms with van der Waals surface area (Å²) < 4.78 is 0. The highest BCUT2D eigenvalue weighted by Gasteiger charge is 1.47. The van der Waals surface area contributed by atoms with E-state index in [4.69, 9.17) is 11.6 Å². The van der Waals surface area contributed by atoms with Crippen LogP contribution in [-0.4, -0.2) is 7.05 Å². The molecule has 0 aromatic rings. The fourth-order valence-electron chi connectivity index (χ4n) is 0.0630. The molecule has 0 spiro atoms. The van der Waals surface area contributed by atoms with Crippen LogP contribution in [0.15, 0.2) is 11.7 Å². The number of nitrogens with one attached hydrogen (secondary N) is 1. The van der Waals surface area contributed by atoms with Crippen LogP contribution in [0.3, 0.4) is 0 Å². The Morgan fingerprint density at radius 2 is 2.17 bits per heavy atom. The highest BCUT2D eigenvalue weighted by Crippen LogP contribution is 1.68. The van der Waals surface area contributed by atoms with Crippen molar-refractivity contribution in [1.82, 2.24) is 5.32 Å². The van der Waals surface area contributed by atoms with Crippen LogP contribution in [0.5, 0.6) is 0 Å². The van der Waals surface area contributed by atoms with Crippen molar-refractivity contribution in [3.05, 3.63) is 11.7 Å². The zero-order chi connectivity index (χ0) is 4.12. The number of halogens is 2. The lowest BCUT2D eigenvalue weighted by Gasteiger charge is -1.73. The van der Waals surface area contributed by atoms with Crippen LogP contribution in [0.2, 0.25) is 0 Å². The van der Waals surface area contributed by atoms with Crippen LogP contribution in [0.1, 0.15) is 0 Å². The third-order valence-electron chi connectivity index (χ3n) is 0.230. The molecule has 0 saturated heterocycles. The molecule has 0 unspecified atom stereocenters. The molecule has 0 aromatic heterocycles. The Hall–Kier alpha value is 0.120. The van der Waals surface area contributed by atoms with Crippen molar-refractivity contribution in [2.24, 2.45) is 0 Å². The average Bonchev–Trinajstić information content (AvgIpc) is 1.41. The van der Waals surface area contributed by atoms with E-state index in [0.717, 1.165) is 0 Å². The van der Waals surface area contributed by atoms with Gasteiger partial charge in [0.15, 0.2) is 0 Å². The highest BCUT2D eigenvalue weighted by molar-refractivity contribution is 6.25. The number of hydrogen-bond acceptors (Lipinski definition) is 1. The predicted molar refractivity (Wildman–Crippen MR) is 31.3 cm³/mol. The zero-order valence-electron chi connectivity index (χ0n) is 3.44. The van der Waals surface area contributed by atoms with Crippen LogP contribution in [0.4, 0.5) is 0 Å². The lowest BCUT2D eigenvalue weighted by molar-refractivity contribution is 1.11. The van der Waals surface area contributed by atoms with Crippen molar-refractivity contribution in [3.63, 3.8) is 0 Å². The van der Waals surface area contributed by atoms with E-state index in [1.54, 1.807) is 13.2 Å². The third-order valence-corrected chi connectivity index (χ3v) is 0.356. The van der Waals surface area contributed by atoms with E-state index < -0.39 is 0 Å². The van der Waals surface area contributed by atoms with Gasteiger partial charge in [-0.3, -0.25) is 0 Å². The largest absolute Gasteiger partial charge is 0.393 e. The molecule has 3 heteroatoms. The maximum atomic E-state index is 5.06. The summed E-state index contributed by atoms with van der Waals surface area (Å²) in [7, 11) is 1.79. The van der Waals surface area contributed by atoms with Gasteiger partial charge in [0.1, 0.15) is 0 Å². The monoisotopic (exact) mass is 127 g/mol. The fraction of sp³-hybridized carbons (Fsp3) is 0.333. The zero-order valence-corrected chi connectivity index (χ0v) is 5.01. The molecule has 0 aliphatic rings. The molecule has 0 aliphatic heterocycles. The molecular formula is C3H7Cl2N. The Labute approximate surface area is 48.8 Å². The van der Waals surface area contributed by atoms with Gasteiger partial charge in [-0.15, -0.1) is 12.4 Å². The Kier molecular flexibility index (Phi) is 14.1. The number of rotatable bonds is 1. The van der Waals surface area contributed by atoms with E-state index in [-0.39, 0.29) is 12.4 Å². The van der Waals surface area contributed by atoms with Gasteiger partial charge in [0.2, 0.25) is 0 Å². The number of hydrogen-bond donors (Lipinski definition) is 1. The lowest BCUT2D eigenvalue weighted by Crippen LogP contribution is -1.88. The molecule has 0 aliphatic carbocycles. The average molecular weight is 128 g/mol. The minimum absolute atomic E-state index is 0.